The molecule has 15 heavy (non-hydrogen) atoms. The highest BCUT2D eigenvalue weighted by Gasteiger charge is 2.08. The Labute approximate surface area is 93.7 Å². The number of hydrogen-bond donors (Lipinski definition) is 0. The molecule has 0 aliphatic carbocycles. The van der Waals surface area contributed by atoms with Gasteiger partial charge in [0.2, 0.25) is 5.28 Å². The van der Waals surface area contributed by atoms with E-state index in [1.165, 1.54) is 11.1 Å². The van der Waals surface area contributed by atoms with E-state index in [4.69, 9.17) is 11.6 Å². The molecule has 0 saturated carbocycles. The monoisotopic (exact) mass is 221 g/mol. The predicted molar refractivity (Wildman–Crippen MR) is 60.6 cm³/mol. The third-order valence-electron chi connectivity index (χ3n) is 2.53. The summed E-state index contributed by atoms with van der Waals surface area (Å²) in [6.45, 7) is 6.04. The number of hydrogen-bond acceptors (Lipinski definition) is 2. The Balaban J connectivity index is 2.59. The molecule has 0 aliphatic heterocycles. The quantitative estimate of drug-likeness (QED) is 0.742. The number of aromatic nitrogens is 3. The van der Waals surface area contributed by atoms with E-state index in [0.717, 1.165) is 11.5 Å². The summed E-state index contributed by atoms with van der Waals surface area (Å²) >= 11 is 5.96. The van der Waals surface area contributed by atoms with Crippen molar-refractivity contribution in [2.24, 2.45) is 0 Å². The average molecular weight is 222 g/mol. The van der Waals surface area contributed by atoms with E-state index < -0.39 is 0 Å². The molecule has 0 N–H and O–H groups in total. The highest BCUT2D eigenvalue weighted by Crippen LogP contribution is 2.19. The lowest BCUT2D eigenvalue weighted by atomic mass is 10.1. The molecule has 1 heterocycles. The Morgan fingerprint density at radius 1 is 1.07 bits per heavy atom. The summed E-state index contributed by atoms with van der Waals surface area (Å²) in [5.74, 6) is 0.795. The molecular formula is C11H12ClN3. The molecule has 0 atom stereocenters. The molecule has 1 aromatic heterocycles. The minimum Gasteiger partial charge on any atom is -0.270 e. The van der Waals surface area contributed by atoms with E-state index in [0.29, 0.717) is 5.28 Å². The van der Waals surface area contributed by atoms with Gasteiger partial charge in [-0.1, -0.05) is 6.07 Å². The number of halogens is 1. The molecule has 1 aromatic carbocycles. The number of benzene rings is 1. The van der Waals surface area contributed by atoms with Gasteiger partial charge in [-0.3, -0.25) is 4.57 Å². The van der Waals surface area contributed by atoms with Crippen LogP contribution in [0.25, 0.3) is 5.69 Å². The van der Waals surface area contributed by atoms with Gasteiger partial charge in [-0.2, -0.15) is 0 Å². The van der Waals surface area contributed by atoms with Crippen LogP contribution in [0, 0.1) is 20.8 Å². The van der Waals surface area contributed by atoms with Crippen LogP contribution in [0.3, 0.4) is 0 Å². The fourth-order valence-electron chi connectivity index (χ4n) is 1.49. The van der Waals surface area contributed by atoms with Crippen molar-refractivity contribution in [2.45, 2.75) is 20.8 Å². The van der Waals surface area contributed by atoms with Gasteiger partial charge in [-0.05, 0) is 55.6 Å². The molecule has 4 heteroatoms. The van der Waals surface area contributed by atoms with Crippen molar-refractivity contribution in [3.63, 3.8) is 0 Å². The van der Waals surface area contributed by atoms with Crippen LogP contribution in [0.2, 0.25) is 5.28 Å². The largest absolute Gasteiger partial charge is 0.270 e. The second kappa shape index (κ2) is 3.66. The minimum atomic E-state index is 0.399. The Morgan fingerprint density at radius 3 is 2.33 bits per heavy atom. The summed E-state index contributed by atoms with van der Waals surface area (Å²) in [7, 11) is 0. The Kier molecular flexibility index (Phi) is 2.49. The normalized spacial score (nSPS) is 10.7. The van der Waals surface area contributed by atoms with Crippen LogP contribution in [0.15, 0.2) is 18.2 Å². The standard InChI is InChI=1S/C11H12ClN3/c1-7-4-5-10(6-8(7)2)15-9(3)13-14-11(15)12/h4-6H,1-3H3. The highest BCUT2D eigenvalue weighted by molar-refractivity contribution is 6.28. The van der Waals surface area contributed by atoms with E-state index in [1.54, 1.807) is 0 Å². The SMILES string of the molecule is Cc1ccc(-n2c(C)nnc2Cl)cc1C. The maximum absolute atomic E-state index is 5.96. The zero-order valence-electron chi connectivity index (χ0n) is 8.95. The Hall–Kier alpha value is -1.35. The molecule has 3 nitrogen and oxygen atoms in total. The van der Waals surface area contributed by atoms with Gasteiger partial charge < -0.3 is 0 Å². The molecule has 78 valence electrons. The molecule has 0 spiro atoms. The summed E-state index contributed by atoms with van der Waals surface area (Å²) in [4.78, 5) is 0. The van der Waals surface area contributed by atoms with Crippen LogP contribution < -0.4 is 0 Å². The number of rotatable bonds is 1. The van der Waals surface area contributed by atoms with E-state index in [2.05, 4.69) is 36.2 Å². The first-order chi connectivity index (χ1) is 7.09. The van der Waals surface area contributed by atoms with Gasteiger partial charge in [0.15, 0.2) is 0 Å². The van der Waals surface area contributed by atoms with Crippen molar-refractivity contribution in [3.05, 3.63) is 40.4 Å². The van der Waals surface area contributed by atoms with Crippen molar-refractivity contribution < 1.29 is 0 Å². The van der Waals surface area contributed by atoms with Crippen molar-refractivity contribution in [3.8, 4) is 5.69 Å². The molecule has 0 unspecified atom stereocenters. The van der Waals surface area contributed by atoms with Gasteiger partial charge in [0.1, 0.15) is 5.82 Å². The van der Waals surface area contributed by atoms with E-state index in [-0.39, 0.29) is 0 Å². The van der Waals surface area contributed by atoms with Gasteiger partial charge in [-0.25, -0.2) is 0 Å². The third kappa shape index (κ3) is 1.75. The topological polar surface area (TPSA) is 30.7 Å². The maximum atomic E-state index is 5.96. The van der Waals surface area contributed by atoms with Crippen molar-refractivity contribution in [1.29, 1.82) is 0 Å². The van der Waals surface area contributed by atoms with Crippen LogP contribution in [-0.4, -0.2) is 14.8 Å². The Bertz CT molecular complexity index is 483. The van der Waals surface area contributed by atoms with Gasteiger partial charge in [0.05, 0.1) is 5.69 Å². The second-order valence-electron chi connectivity index (χ2n) is 3.62. The third-order valence-corrected chi connectivity index (χ3v) is 2.78. The zero-order valence-corrected chi connectivity index (χ0v) is 9.71. The van der Waals surface area contributed by atoms with Gasteiger partial charge >= 0.3 is 0 Å². The molecule has 0 amide bonds. The molecule has 0 saturated heterocycles. The van der Waals surface area contributed by atoms with Gasteiger partial charge in [-0.15, -0.1) is 10.2 Å². The van der Waals surface area contributed by atoms with Crippen LogP contribution in [0.5, 0.6) is 0 Å². The first-order valence-electron chi connectivity index (χ1n) is 4.75. The smallest absolute Gasteiger partial charge is 0.229 e. The lowest BCUT2D eigenvalue weighted by Gasteiger charge is -2.07. The Morgan fingerprint density at radius 2 is 1.80 bits per heavy atom. The second-order valence-corrected chi connectivity index (χ2v) is 3.96. The van der Waals surface area contributed by atoms with Gasteiger partial charge in [0, 0.05) is 0 Å². The number of aryl methyl sites for hydroxylation is 3. The first-order valence-corrected chi connectivity index (χ1v) is 5.12. The van der Waals surface area contributed by atoms with Crippen LogP contribution in [0.1, 0.15) is 17.0 Å². The molecule has 2 rings (SSSR count). The van der Waals surface area contributed by atoms with Crippen molar-refractivity contribution in [1.82, 2.24) is 14.8 Å². The zero-order chi connectivity index (χ0) is 11.0. The lowest BCUT2D eigenvalue weighted by molar-refractivity contribution is 0.967. The summed E-state index contributed by atoms with van der Waals surface area (Å²) in [5.41, 5.74) is 3.50. The van der Waals surface area contributed by atoms with Crippen molar-refractivity contribution in [2.75, 3.05) is 0 Å². The van der Waals surface area contributed by atoms with Crippen molar-refractivity contribution >= 4 is 11.6 Å². The molecule has 0 bridgehead atoms. The summed E-state index contributed by atoms with van der Waals surface area (Å²) < 4.78 is 1.83. The van der Waals surface area contributed by atoms with Gasteiger partial charge in [0.25, 0.3) is 0 Å². The van der Waals surface area contributed by atoms with E-state index >= 15 is 0 Å². The molecule has 0 aliphatic rings. The molecule has 0 fully saturated rings. The fourth-order valence-corrected chi connectivity index (χ4v) is 1.75. The summed E-state index contributed by atoms with van der Waals surface area (Å²) in [6, 6.07) is 6.17. The van der Waals surface area contributed by atoms with Crippen LogP contribution >= 0.6 is 11.6 Å². The highest BCUT2D eigenvalue weighted by atomic mass is 35.5. The lowest BCUT2D eigenvalue weighted by Crippen LogP contribution is -1.98. The minimum absolute atomic E-state index is 0.399. The summed E-state index contributed by atoms with van der Waals surface area (Å²) in [6.07, 6.45) is 0. The number of nitrogens with zero attached hydrogens (tertiary/aromatic N) is 3. The maximum Gasteiger partial charge on any atom is 0.229 e. The molecule has 0 radical (unpaired) electrons. The predicted octanol–water partition coefficient (Wildman–Crippen LogP) is 2.85. The molecular weight excluding hydrogens is 210 g/mol. The molecule has 2 aromatic rings. The van der Waals surface area contributed by atoms with E-state index in [1.807, 2.05) is 17.6 Å². The van der Waals surface area contributed by atoms with Crippen LogP contribution in [0.4, 0.5) is 0 Å². The van der Waals surface area contributed by atoms with E-state index in [9.17, 15) is 0 Å². The first kappa shape index (κ1) is 10.2. The average Bonchev–Trinajstić information content (AvgIpc) is 2.52. The fraction of sp³-hybridized carbons (Fsp3) is 0.273. The summed E-state index contributed by atoms with van der Waals surface area (Å²) in [5, 5.41) is 8.15. The van der Waals surface area contributed by atoms with Crippen LogP contribution in [-0.2, 0) is 0 Å².